The van der Waals surface area contributed by atoms with Crippen molar-refractivity contribution in [1.29, 1.82) is 0 Å². The molecule has 0 aliphatic rings. The van der Waals surface area contributed by atoms with Gasteiger partial charge in [-0.1, -0.05) is 45.1 Å². The molecule has 23 heavy (non-hydrogen) atoms. The molecule has 0 saturated carbocycles. The number of fused-ring (bicyclic) bond motifs is 1. The zero-order valence-electron chi connectivity index (χ0n) is 14.2. The van der Waals surface area contributed by atoms with Gasteiger partial charge < -0.3 is 11.5 Å². The summed E-state index contributed by atoms with van der Waals surface area (Å²) in [7, 11) is 0. The summed E-state index contributed by atoms with van der Waals surface area (Å²) < 4.78 is 0. The molecule has 5 heteroatoms. The van der Waals surface area contributed by atoms with Gasteiger partial charge in [-0.2, -0.15) is 4.99 Å². The Labute approximate surface area is 138 Å². The van der Waals surface area contributed by atoms with Crippen molar-refractivity contribution in [3.05, 3.63) is 29.5 Å². The van der Waals surface area contributed by atoms with E-state index in [1.807, 2.05) is 13.0 Å². The van der Waals surface area contributed by atoms with E-state index in [1.54, 1.807) is 0 Å². The van der Waals surface area contributed by atoms with Crippen LogP contribution in [0.15, 0.2) is 23.2 Å². The van der Waals surface area contributed by atoms with E-state index in [2.05, 4.69) is 34.0 Å². The minimum Gasteiger partial charge on any atom is -0.370 e. The molecule has 0 atom stereocenters. The summed E-state index contributed by atoms with van der Waals surface area (Å²) in [4.78, 5) is 12.7. The van der Waals surface area contributed by atoms with Crippen molar-refractivity contribution in [2.75, 3.05) is 0 Å². The number of hydrogen-bond acceptors (Lipinski definition) is 3. The lowest BCUT2D eigenvalue weighted by Gasteiger charge is -2.06. The Hall–Kier alpha value is -2.17. The average molecular weight is 313 g/mol. The quantitative estimate of drug-likeness (QED) is 0.441. The molecular formula is C18H27N5. The number of aliphatic imine (C=N–C) groups is 1. The van der Waals surface area contributed by atoms with Gasteiger partial charge >= 0.3 is 0 Å². The number of nitrogens with two attached hydrogens (primary N) is 2. The third-order valence-corrected chi connectivity index (χ3v) is 3.99. The Morgan fingerprint density at radius 3 is 2.52 bits per heavy atom. The summed E-state index contributed by atoms with van der Waals surface area (Å²) in [5.74, 6) is 0.294. The lowest BCUT2D eigenvalue weighted by molar-refractivity contribution is 0.607. The third kappa shape index (κ3) is 5.20. The zero-order valence-corrected chi connectivity index (χ0v) is 14.2. The van der Waals surface area contributed by atoms with Gasteiger partial charge in [0.1, 0.15) is 0 Å². The van der Waals surface area contributed by atoms with Gasteiger partial charge in [-0.05, 0) is 37.5 Å². The second-order valence-corrected chi connectivity index (χ2v) is 6.01. The highest BCUT2D eigenvalue weighted by Crippen LogP contribution is 2.21. The van der Waals surface area contributed by atoms with Crippen molar-refractivity contribution in [1.82, 2.24) is 9.97 Å². The van der Waals surface area contributed by atoms with Gasteiger partial charge in [0.2, 0.25) is 0 Å². The minimum atomic E-state index is -0.0246. The highest BCUT2D eigenvalue weighted by molar-refractivity contribution is 5.83. The van der Waals surface area contributed by atoms with Gasteiger partial charge in [0, 0.05) is 5.39 Å². The number of unbranched alkanes of at least 4 members (excludes halogenated alkanes) is 5. The van der Waals surface area contributed by atoms with Crippen molar-refractivity contribution in [3.8, 4) is 0 Å². The molecule has 2 rings (SSSR count). The summed E-state index contributed by atoms with van der Waals surface area (Å²) in [6.07, 6.45) is 8.99. The largest absolute Gasteiger partial charge is 0.370 e. The number of guanidine groups is 1. The maximum Gasteiger partial charge on any atom is 0.253 e. The number of aromatic nitrogens is 2. The maximum absolute atomic E-state index is 5.39. The van der Waals surface area contributed by atoms with Crippen LogP contribution in [0.5, 0.6) is 0 Å². The number of aryl methyl sites for hydroxylation is 2. The number of nitrogens with zero attached hydrogens (tertiary/aromatic N) is 3. The van der Waals surface area contributed by atoms with E-state index < -0.39 is 0 Å². The second kappa shape index (κ2) is 8.46. The maximum atomic E-state index is 5.39. The van der Waals surface area contributed by atoms with Crippen molar-refractivity contribution < 1.29 is 0 Å². The van der Waals surface area contributed by atoms with Gasteiger partial charge in [0.05, 0.1) is 11.2 Å². The summed E-state index contributed by atoms with van der Waals surface area (Å²) in [5, 5.41) is 1.07. The van der Waals surface area contributed by atoms with Crippen LogP contribution in [0.25, 0.3) is 10.9 Å². The smallest absolute Gasteiger partial charge is 0.253 e. The topological polar surface area (TPSA) is 90.2 Å². The first-order valence-electron chi connectivity index (χ1n) is 8.47. The fraction of sp³-hybridized carbons (Fsp3) is 0.500. The molecule has 0 aliphatic carbocycles. The summed E-state index contributed by atoms with van der Waals surface area (Å²) in [6.45, 7) is 4.21. The molecule has 1 aromatic carbocycles. The summed E-state index contributed by atoms with van der Waals surface area (Å²) in [6, 6.07) is 6.36. The van der Waals surface area contributed by atoms with E-state index in [0.717, 1.165) is 23.0 Å². The van der Waals surface area contributed by atoms with Gasteiger partial charge in [0.15, 0.2) is 5.96 Å². The summed E-state index contributed by atoms with van der Waals surface area (Å²) >= 11 is 0. The molecular weight excluding hydrogens is 286 g/mol. The average Bonchev–Trinajstić information content (AvgIpc) is 2.50. The van der Waals surface area contributed by atoms with Crippen LogP contribution < -0.4 is 11.5 Å². The van der Waals surface area contributed by atoms with Crippen LogP contribution in [0.4, 0.5) is 5.95 Å². The Kier molecular flexibility index (Phi) is 6.32. The molecule has 124 valence electrons. The molecule has 1 aromatic heterocycles. The molecule has 4 N–H and O–H groups in total. The van der Waals surface area contributed by atoms with E-state index in [0.29, 0.717) is 5.95 Å². The van der Waals surface area contributed by atoms with Crippen LogP contribution in [0.1, 0.15) is 56.7 Å². The van der Waals surface area contributed by atoms with Crippen molar-refractivity contribution in [2.24, 2.45) is 16.5 Å². The van der Waals surface area contributed by atoms with Crippen LogP contribution in [0.3, 0.4) is 0 Å². The highest BCUT2D eigenvalue weighted by atomic mass is 15.1. The standard InChI is InChI=1S/C18H27N5/c1-3-4-5-6-7-8-9-14-10-11-16-15(12-14)13(2)21-18(22-16)23-17(19)20/h10-12H,3-9H2,1-2H3,(H4,19,20,21,22,23). The van der Waals surface area contributed by atoms with Crippen LogP contribution in [-0.4, -0.2) is 15.9 Å². The van der Waals surface area contributed by atoms with Crippen LogP contribution in [0.2, 0.25) is 0 Å². The lowest BCUT2D eigenvalue weighted by atomic mass is 10.0. The Bertz CT molecular complexity index is 674. The Morgan fingerprint density at radius 1 is 1.04 bits per heavy atom. The number of rotatable bonds is 8. The molecule has 1 heterocycles. The molecule has 0 amide bonds. The normalized spacial score (nSPS) is 10.9. The number of benzene rings is 1. The number of hydrogen-bond donors (Lipinski definition) is 2. The molecule has 0 aliphatic heterocycles. The van der Waals surface area contributed by atoms with Gasteiger partial charge in [-0.25, -0.2) is 9.97 Å². The molecule has 0 spiro atoms. The van der Waals surface area contributed by atoms with Crippen molar-refractivity contribution in [2.45, 2.75) is 58.8 Å². The van der Waals surface area contributed by atoms with E-state index >= 15 is 0 Å². The predicted molar refractivity (Wildman–Crippen MR) is 96.8 cm³/mol. The fourth-order valence-electron chi connectivity index (χ4n) is 2.74. The van der Waals surface area contributed by atoms with Crippen molar-refractivity contribution in [3.63, 3.8) is 0 Å². The van der Waals surface area contributed by atoms with Crippen LogP contribution in [0, 0.1) is 6.92 Å². The van der Waals surface area contributed by atoms with Gasteiger partial charge in [-0.3, -0.25) is 0 Å². The van der Waals surface area contributed by atoms with E-state index in [4.69, 9.17) is 11.5 Å². The van der Waals surface area contributed by atoms with Crippen LogP contribution in [-0.2, 0) is 6.42 Å². The first kappa shape index (κ1) is 17.2. The SMILES string of the molecule is CCCCCCCCc1ccc2nc(N=C(N)N)nc(C)c2c1. The molecule has 2 aromatic rings. The molecule has 0 fully saturated rings. The predicted octanol–water partition coefficient (Wildman–Crippen LogP) is 3.75. The molecule has 0 unspecified atom stereocenters. The monoisotopic (exact) mass is 313 g/mol. The Morgan fingerprint density at radius 2 is 1.78 bits per heavy atom. The molecule has 0 saturated heterocycles. The first-order valence-corrected chi connectivity index (χ1v) is 8.47. The van der Waals surface area contributed by atoms with E-state index in [-0.39, 0.29) is 5.96 Å². The second-order valence-electron chi connectivity index (χ2n) is 6.01. The van der Waals surface area contributed by atoms with E-state index in [9.17, 15) is 0 Å². The van der Waals surface area contributed by atoms with Gasteiger partial charge in [-0.15, -0.1) is 0 Å². The van der Waals surface area contributed by atoms with Crippen molar-refractivity contribution >= 4 is 22.8 Å². The van der Waals surface area contributed by atoms with E-state index in [1.165, 1.54) is 44.1 Å². The highest BCUT2D eigenvalue weighted by Gasteiger charge is 2.05. The Balaban J connectivity index is 2.04. The molecule has 0 bridgehead atoms. The molecule has 5 nitrogen and oxygen atoms in total. The van der Waals surface area contributed by atoms with Gasteiger partial charge in [0.25, 0.3) is 5.95 Å². The minimum absolute atomic E-state index is 0.0246. The first-order chi connectivity index (χ1) is 11.1. The van der Waals surface area contributed by atoms with Crippen LogP contribution >= 0.6 is 0 Å². The molecule has 0 radical (unpaired) electrons. The fourth-order valence-corrected chi connectivity index (χ4v) is 2.74. The lowest BCUT2D eigenvalue weighted by Crippen LogP contribution is -2.22. The zero-order chi connectivity index (χ0) is 16.7. The third-order valence-electron chi connectivity index (χ3n) is 3.99. The summed E-state index contributed by atoms with van der Waals surface area (Å²) in [5.41, 5.74) is 13.9.